The van der Waals surface area contributed by atoms with Crippen LogP contribution in [0.4, 0.5) is 16.3 Å². The minimum Gasteiger partial charge on any atom is -0.391 e. The molecule has 392 valence electrons. The Kier molecular flexibility index (Phi) is 18.1. The Hall–Kier alpha value is -7.46. The molecule has 5 N–H and O–H groups in total. The Balaban J connectivity index is 0.785. The van der Waals surface area contributed by atoms with Gasteiger partial charge in [-0.1, -0.05) is 87.5 Å². The molecule has 8 rings (SSSR count). The SMILES string of the molecule is Cc1ncsc1-c1ccc(CNC(=O)[C@@H]2C[C@@H](O)CN2C(=O)[C@@H](NC(=O)COCCCCn2cc(-c3ccc(N(C(=O)NCc4ccccc4)[C@H]4CC[C@H](Nc5ccc(C#N)cn5)CC4)cc3)cn2)C(C)(C)C)cc1. The van der Waals surface area contributed by atoms with Crippen molar-refractivity contribution in [3.05, 3.63) is 137 Å². The number of amides is 5. The van der Waals surface area contributed by atoms with Gasteiger partial charge < -0.3 is 36.0 Å². The number of nitrogens with zero attached hydrogens (tertiary/aromatic N) is 7. The van der Waals surface area contributed by atoms with E-state index in [9.17, 15) is 24.3 Å². The highest BCUT2D eigenvalue weighted by molar-refractivity contribution is 7.13. The van der Waals surface area contributed by atoms with Crippen molar-refractivity contribution in [3.8, 4) is 27.6 Å². The van der Waals surface area contributed by atoms with Gasteiger partial charge in [-0.05, 0) is 97.4 Å². The number of carbonyl (C=O) groups excluding carboxylic acids is 4. The number of aryl methyl sites for hydroxylation is 2. The van der Waals surface area contributed by atoms with Gasteiger partial charge in [0, 0.05) is 74.9 Å². The Bertz CT molecular complexity index is 2890. The van der Waals surface area contributed by atoms with Gasteiger partial charge in [0.25, 0.3) is 0 Å². The maximum Gasteiger partial charge on any atom is 0.322 e. The highest BCUT2D eigenvalue weighted by Crippen LogP contribution is 2.32. The number of nitriles is 1. The number of carbonyl (C=O) groups is 4. The van der Waals surface area contributed by atoms with Crippen molar-refractivity contribution in [2.75, 3.05) is 30.0 Å². The third-order valence-electron chi connectivity index (χ3n) is 13.8. The highest BCUT2D eigenvalue weighted by Gasteiger charge is 2.44. The third-order valence-corrected chi connectivity index (χ3v) is 14.8. The van der Waals surface area contributed by atoms with E-state index in [1.54, 1.807) is 23.6 Å². The minimum absolute atomic E-state index is 0.00426. The summed E-state index contributed by atoms with van der Waals surface area (Å²) in [6.45, 7) is 8.90. The zero-order valence-corrected chi connectivity index (χ0v) is 43.9. The maximum atomic E-state index is 14.1. The lowest BCUT2D eigenvalue weighted by Crippen LogP contribution is -2.58. The normalized spacial score (nSPS) is 17.9. The summed E-state index contributed by atoms with van der Waals surface area (Å²) >= 11 is 1.57. The number of nitrogens with one attached hydrogen (secondary N) is 4. The zero-order valence-electron chi connectivity index (χ0n) is 43.1. The van der Waals surface area contributed by atoms with E-state index in [0.29, 0.717) is 31.7 Å². The van der Waals surface area contributed by atoms with Crippen molar-refractivity contribution >= 4 is 46.6 Å². The Morgan fingerprint density at radius 3 is 2.27 bits per heavy atom. The average molecular weight is 1030 g/mol. The maximum absolute atomic E-state index is 14.1. The van der Waals surface area contributed by atoms with E-state index in [2.05, 4.69) is 42.4 Å². The molecule has 0 unspecified atom stereocenters. The summed E-state index contributed by atoms with van der Waals surface area (Å²) in [6, 6.07) is 29.7. The van der Waals surface area contributed by atoms with Crippen LogP contribution in [0.25, 0.3) is 21.6 Å². The molecule has 0 radical (unpaired) electrons. The summed E-state index contributed by atoms with van der Waals surface area (Å²) in [5.41, 5.74) is 8.29. The van der Waals surface area contributed by atoms with Crippen LogP contribution in [0, 0.1) is 23.7 Å². The lowest BCUT2D eigenvalue weighted by Gasteiger charge is -2.37. The highest BCUT2D eigenvalue weighted by atomic mass is 32.1. The van der Waals surface area contributed by atoms with Crippen LogP contribution in [0.3, 0.4) is 0 Å². The van der Waals surface area contributed by atoms with Gasteiger partial charge in [-0.3, -0.25) is 24.0 Å². The van der Waals surface area contributed by atoms with Gasteiger partial charge in [-0.2, -0.15) is 10.4 Å². The van der Waals surface area contributed by atoms with Crippen molar-refractivity contribution in [1.29, 1.82) is 5.26 Å². The van der Waals surface area contributed by atoms with E-state index in [1.165, 1.54) is 4.90 Å². The number of ether oxygens (including phenoxy) is 1. The molecule has 5 amide bonds. The number of unbranched alkanes of at least 4 members (excludes halogenated alkanes) is 1. The van der Waals surface area contributed by atoms with Crippen LogP contribution in [0.1, 0.15) is 88.1 Å². The molecule has 2 aliphatic rings. The van der Waals surface area contributed by atoms with Gasteiger partial charge in [0.1, 0.15) is 30.6 Å². The monoisotopic (exact) mass is 1030 g/mol. The summed E-state index contributed by atoms with van der Waals surface area (Å²) in [5, 5.41) is 36.8. The minimum atomic E-state index is -0.959. The van der Waals surface area contributed by atoms with Crippen LogP contribution in [0.15, 0.2) is 115 Å². The molecule has 1 aliphatic carbocycles. The fraction of sp³-hybridized carbons (Fsp3) is 0.404. The molecular weight excluding hydrogens is 967 g/mol. The largest absolute Gasteiger partial charge is 0.391 e. The standard InChI is InChI=1S/C57H67N11O6S/c1-38-52(75-37-62-38)43-15-12-40(13-16-43)30-60-54(71)49-28-48(69)35-67(49)55(72)53(57(2,3)4)65-51(70)36-74-27-9-8-26-66-34-44(33-63-66)42-17-21-46(22-18-42)68(56(73)61-31-39-10-6-5-7-11-39)47-23-19-45(20-24-47)64-50-25-14-41(29-58)32-59-50/h5-7,10-18,21-22,25,32-34,37,45,47-49,53,69H,8-9,19-20,23-24,26-28,30-31,35-36H2,1-4H3,(H,59,64)(H,60,71)(H,61,73)(H,65,70)/t45-,47-,48-,49+,53-/m1/s1. The van der Waals surface area contributed by atoms with Crippen LogP contribution in [-0.4, -0.2) is 104 Å². The van der Waals surface area contributed by atoms with Gasteiger partial charge >= 0.3 is 6.03 Å². The van der Waals surface area contributed by atoms with Crippen molar-refractivity contribution in [2.24, 2.45) is 5.41 Å². The van der Waals surface area contributed by atoms with Gasteiger partial charge in [-0.15, -0.1) is 11.3 Å². The fourth-order valence-corrected chi connectivity index (χ4v) is 10.5. The molecule has 4 heterocycles. The number of hydrogen-bond acceptors (Lipinski definition) is 12. The Morgan fingerprint density at radius 1 is 0.867 bits per heavy atom. The lowest BCUT2D eigenvalue weighted by atomic mass is 9.85. The number of urea groups is 1. The number of β-amino-alcohol motifs (C(OH)–C–C–N with tert-alkyl or cyclic N) is 1. The molecule has 3 atom stereocenters. The summed E-state index contributed by atoms with van der Waals surface area (Å²) in [4.78, 5) is 67.8. The van der Waals surface area contributed by atoms with E-state index < -0.39 is 35.4 Å². The van der Waals surface area contributed by atoms with Crippen molar-refractivity contribution < 1.29 is 29.0 Å². The van der Waals surface area contributed by atoms with E-state index >= 15 is 0 Å². The number of hydrogen-bond donors (Lipinski definition) is 5. The first kappa shape index (κ1) is 53.8. The van der Waals surface area contributed by atoms with E-state index in [0.717, 1.165) is 82.0 Å². The number of anilines is 2. The number of benzene rings is 3. The molecule has 1 saturated carbocycles. The molecule has 0 bridgehead atoms. The molecule has 18 heteroatoms. The van der Waals surface area contributed by atoms with Crippen molar-refractivity contribution in [3.63, 3.8) is 0 Å². The van der Waals surface area contributed by atoms with Gasteiger partial charge in [0.15, 0.2) is 0 Å². The summed E-state index contributed by atoms with van der Waals surface area (Å²) in [7, 11) is 0. The number of aliphatic hydroxyl groups excluding tert-OH is 1. The van der Waals surface area contributed by atoms with Gasteiger partial charge in [0.05, 0.1) is 33.9 Å². The first-order chi connectivity index (χ1) is 36.2. The first-order valence-corrected chi connectivity index (χ1v) is 26.6. The number of pyridine rings is 1. The van der Waals surface area contributed by atoms with Crippen LogP contribution < -0.4 is 26.2 Å². The van der Waals surface area contributed by atoms with Crippen LogP contribution >= 0.6 is 11.3 Å². The molecule has 3 aromatic carbocycles. The van der Waals surface area contributed by atoms with Gasteiger partial charge in [-0.25, -0.2) is 14.8 Å². The van der Waals surface area contributed by atoms with Crippen LogP contribution in [0.5, 0.6) is 0 Å². The second-order valence-electron chi connectivity index (χ2n) is 20.5. The summed E-state index contributed by atoms with van der Waals surface area (Å²) in [5.74, 6) is -0.509. The fourth-order valence-electron chi connectivity index (χ4n) is 9.66. The lowest BCUT2D eigenvalue weighted by molar-refractivity contribution is -0.144. The van der Waals surface area contributed by atoms with E-state index in [-0.39, 0.29) is 50.1 Å². The summed E-state index contributed by atoms with van der Waals surface area (Å²) < 4.78 is 7.63. The summed E-state index contributed by atoms with van der Waals surface area (Å²) in [6.07, 6.45) is 9.36. The predicted octanol–water partition coefficient (Wildman–Crippen LogP) is 7.99. The number of thiazole rings is 1. The van der Waals surface area contributed by atoms with Crippen LogP contribution in [0.2, 0.25) is 0 Å². The Labute approximate surface area is 442 Å². The first-order valence-electron chi connectivity index (χ1n) is 25.7. The topological polar surface area (TPSA) is 220 Å². The molecule has 6 aromatic rings. The van der Waals surface area contributed by atoms with Crippen molar-refractivity contribution in [2.45, 2.75) is 123 Å². The number of likely N-dealkylation sites (tertiary alicyclic amines) is 1. The molecule has 1 saturated heterocycles. The zero-order chi connectivity index (χ0) is 52.9. The number of aliphatic hydroxyl groups is 1. The molecule has 17 nitrogen and oxygen atoms in total. The predicted molar refractivity (Wildman–Crippen MR) is 289 cm³/mol. The molecule has 1 aliphatic heterocycles. The molecule has 3 aromatic heterocycles. The molecule has 0 spiro atoms. The second kappa shape index (κ2) is 25.2. The Morgan fingerprint density at radius 2 is 1.59 bits per heavy atom. The quantitative estimate of drug-likeness (QED) is 0.0462. The number of aromatic nitrogens is 4. The van der Waals surface area contributed by atoms with Gasteiger partial charge in [0.2, 0.25) is 17.7 Å². The smallest absolute Gasteiger partial charge is 0.322 e. The molecule has 75 heavy (non-hydrogen) atoms. The van der Waals surface area contributed by atoms with E-state index in [1.807, 2.05) is 140 Å². The van der Waals surface area contributed by atoms with Crippen LogP contribution in [-0.2, 0) is 38.8 Å². The third kappa shape index (κ3) is 14.4. The molecule has 2 fully saturated rings. The molecular formula is C57H67N11O6S. The second-order valence-corrected chi connectivity index (χ2v) is 21.3. The number of rotatable bonds is 20. The average Bonchev–Trinajstić information content (AvgIpc) is 4.19. The van der Waals surface area contributed by atoms with Crippen molar-refractivity contribution in [1.82, 2.24) is 40.6 Å². The van der Waals surface area contributed by atoms with E-state index in [4.69, 9.17) is 10.00 Å².